The summed E-state index contributed by atoms with van der Waals surface area (Å²) in [5.41, 5.74) is 3.59. The molecule has 158 valence electrons. The first-order valence-corrected chi connectivity index (χ1v) is 11.3. The van der Waals surface area contributed by atoms with E-state index in [0.717, 1.165) is 54.3 Å². The van der Waals surface area contributed by atoms with Gasteiger partial charge in [0.1, 0.15) is 10.4 Å². The minimum absolute atomic E-state index is 0.106. The highest BCUT2D eigenvalue weighted by molar-refractivity contribution is 7.17. The molecule has 1 fully saturated rings. The van der Waals surface area contributed by atoms with Gasteiger partial charge in [0.25, 0.3) is 5.56 Å². The Balaban J connectivity index is 1.44. The van der Waals surface area contributed by atoms with E-state index in [1.165, 1.54) is 11.3 Å². The number of methoxy groups -OCH3 is 1. The summed E-state index contributed by atoms with van der Waals surface area (Å²) in [6, 6.07) is 15.7. The Morgan fingerprint density at radius 2 is 1.84 bits per heavy atom. The number of H-pyrrole nitrogens is 1. The van der Waals surface area contributed by atoms with Crippen LogP contribution in [0.5, 0.6) is 5.75 Å². The molecule has 1 aliphatic rings. The van der Waals surface area contributed by atoms with Crippen molar-refractivity contribution in [2.45, 2.75) is 0 Å². The Hall–Kier alpha value is -3.03. The molecule has 1 aliphatic heterocycles. The lowest BCUT2D eigenvalue weighted by molar-refractivity contribution is 0.413. The molecule has 0 unspecified atom stereocenters. The van der Waals surface area contributed by atoms with Crippen molar-refractivity contribution in [2.75, 3.05) is 43.1 Å². The highest BCUT2D eigenvalue weighted by atomic mass is 35.5. The summed E-state index contributed by atoms with van der Waals surface area (Å²) in [4.78, 5) is 25.0. The van der Waals surface area contributed by atoms with Gasteiger partial charge in [0.2, 0.25) is 5.95 Å². The maximum absolute atomic E-state index is 12.8. The van der Waals surface area contributed by atoms with Crippen molar-refractivity contribution in [1.29, 1.82) is 0 Å². The van der Waals surface area contributed by atoms with Gasteiger partial charge in [-0.1, -0.05) is 35.9 Å². The van der Waals surface area contributed by atoms with Crippen LogP contribution in [0.25, 0.3) is 21.3 Å². The standard InChI is InChI=1S/C23H21ClN4O2S/c1-30-19-8-3-2-7-18(19)27-9-11-28(12-10-27)23-25-20-17(14-31-21(20)22(29)26-23)15-5-4-6-16(24)13-15/h2-8,13-14H,9-12H2,1H3,(H,25,26,29). The van der Waals surface area contributed by atoms with E-state index in [4.69, 9.17) is 21.3 Å². The molecule has 1 N–H and O–H groups in total. The molecule has 2 aromatic carbocycles. The summed E-state index contributed by atoms with van der Waals surface area (Å²) in [5, 5.41) is 2.64. The summed E-state index contributed by atoms with van der Waals surface area (Å²) in [6.45, 7) is 3.13. The zero-order chi connectivity index (χ0) is 21.4. The van der Waals surface area contributed by atoms with Gasteiger partial charge in [0.05, 0.1) is 18.3 Å². The Kier molecular flexibility index (Phi) is 5.29. The maximum Gasteiger partial charge on any atom is 0.270 e. The molecule has 5 rings (SSSR count). The highest BCUT2D eigenvalue weighted by Crippen LogP contribution is 2.33. The van der Waals surface area contributed by atoms with Crippen LogP contribution in [-0.4, -0.2) is 43.3 Å². The third kappa shape index (κ3) is 3.75. The number of nitrogens with zero attached hydrogens (tertiary/aromatic N) is 3. The number of rotatable bonds is 4. The third-order valence-electron chi connectivity index (χ3n) is 5.55. The Labute approximate surface area is 188 Å². The molecule has 6 nitrogen and oxygen atoms in total. The van der Waals surface area contributed by atoms with Crippen molar-refractivity contribution < 1.29 is 4.74 Å². The third-order valence-corrected chi connectivity index (χ3v) is 6.76. The molecule has 0 spiro atoms. The molecule has 0 saturated carbocycles. The van der Waals surface area contributed by atoms with Crippen LogP contribution in [0.1, 0.15) is 0 Å². The number of halogens is 1. The lowest BCUT2D eigenvalue weighted by Gasteiger charge is -2.36. The molecule has 0 aliphatic carbocycles. The average molecular weight is 453 g/mol. The van der Waals surface area contributed by atoms with Crippen LogP contribution in [0.15, 0.2) is 58.7 Å². The number of fused-ring (bicyclic) bond motifs is 1. The molecule has 2 aromatic heterocycles. The molecule has 4 aromatic rings. The largest absolute Gasteiger partial charge is 0.495 e. The number of hydrogen-bond acceptors (Lipinski definition) is 6. The quantitative estimate of drug-likeness (QED) is 0.488. The van der Waals surface area contributed by atoms with E-state index in [2.05, 4.69) is 20.9 Å². The van der Waals surface area contributed by atoms with Crippen molar-refractivity contribution >= 4 is 44.8 Å². The van der Waals surface area contributed by atoms with Gasteiger partial charge in [-0.15, -0.1) is 11.3 Å². The Bertz CT molecular complexity index is 1290. The molecule has 0 atom stereocenters. The van der Waals surface area contributed by atoms with Crippen LogP contribution in [-0.2, 0) is 0 Å². The lowest BCUT2D eigenvalue weighted by Crippen LogP contribution is -2.47. The fraction of sp³-hybridized carbons (Fsp3) is 0.217. The van der Waals surface area contributed by atoms with Gasteiger partial charge in [0.15, 0.2) is 0 Å². The van der Waals surface area contributed by atoms with Crippen molar-refractivity contribution in [1.82, 2.24) is 9.97 Å². The van der Waals surface area contributed by atoms with Crippen LogP contribution >= 0.6 is 22.9 Å². The number of piperazine rings is 1. The fourth-order valence-electron chi connectivity index (χ4n) is 3.98. The molecular weight excluding hydrogens is 432 g/mol. The molecular formula is C23H21ClN4O2S. The molecule has 0 bridgehead atoms. The average Bonchev–Trinajstić information content (AvgIpc) is 3.24. The normalized spacial score (nSPS) is 14.3. The molecule has 1 saturated heterocycles. The maximum atomic E-state index is 12.8. The first-order valence-electron chi connectivity index (χ1n) is 10.0. The van der Waals surface area contributed by atoms with Gasteiger partial charge in [-0.3, -0.25) is 9.78 Å². The summed E-state index contributed by atoms with van der Waals surface area (Å²) >= 11 is 7.58. The second-order valence-electron chi connectivity index (χ2n) is 7.37. The number of anilines is 2. The van der Waals surface area contributed by atoms with E-state index in [-0.39, 0.29) is 5.56 Å². The number of para-hydroxylation sites is 2. The predicted octanol–water partition coefficient (Wildman–Crippen LogP) is 4.64. The summed E-state index contributed by atoms with van der Waals surface area (Å²) in [5.74, 6) is 1.48. The van der Waals surface area contributed by atoms with Crippen LogP contribution in [0.4, 0.5) is 11.6 Å². The number of benzene rings is 2. The molecule has 0 amide bonds. The van der Waals surface area contributed by atoms with Crippen molar-refractivity contribution in [3.63, 3.8) is 0 Å². The Morgan fingerprint density at radius 1 is 1.06 bits per heavy atom. The van der Waals surface area contributed by atoms with Crippen molar-refractivity contribution in [3.8, 4) is 16.9 Å². The fourth-order valence-corrected chi connectivity index (χ4v) is 5.08. The van der Waals surface area contributed by atoms with Gasteiger partial charge >= 0.3 is 0 Å². The SMILES string of the molecule is COc1ccccc1N1CCN(c2nc3c(-c4cccc(Cl)c4)csc3c(=O)[nH]2)CC1. The Morgan fingerprint density at radius 3 is 2.61 bits per heavy atom. The lowest BCUT2D eigenvalue weighted by atomic mass is 10.1. The topological polar surface area (TPSA) is 61.5 Å². The minimum atomic E-state index is -0.106. The molecule has 3 heterocycles. The number of aromatic amines is 1. The number of hydrogen-bond donors (Lipinski definition) is 1. The first-order chi connectivity index (χ1) is 15.1. The zero-order valence-electron chi connectivity index (χ0n) is 17.0. The van der Waals surface area contributed by atoms with Crippen LogP contribution in [0, 0.1) is 0 Å². The predicted molar refractivity (Wildman–Crippen MR) is 128 cm³/mol. The van der Waals surface area contributed by atoms with Crippen molar-refractivity contribution in [3.05, 3.63) is 69.3 Å². The number of ether oxygens (including phenoxy) is 1. The van der Waals surface area contributed by atoms with E-state index in [9.17, 15) is 4.79 Å². The minimum Gasteiger partial charge on any atom is -0.495 e. The van der Waals surface area contributed by atoms with E-state index < -0.39 is 0 Å². The second kappa shape index (κ2) is 8.24. The first kappa shape index (κ1) is 19.9. The van der Waals surface area contributed by atoms with Gasteiger partial charge in [-0.25, -0.2) is 4.98 Å². The number of thiophene rings is 1. The van der Waals surface area contributed by atoms with E-state index in [0.29, 0.717) is 15.7 Å². The number of nitrogens with one attached hydrogen (secondary N) is 1. The van der Waals surface area contributed by atoms with Gasteiger partial charge in [-0.2, -0.15) is 0 Å². The van der Waals surface area contributed by atoms with Crippen LogP contribution in [0.3, 0.4) is 0 Å². The molecule has 0 radical (unpaired) electrons. The summed E-state index contributed by atoms with van der Waals surface area (Å²) in [7, 11) is 1.69. The van der Waals surface area contributed by atoms with Crippen molar-refractivity contribution in [2.24, 2.45) is 0 Å². The second-order valence-corrected chi connectivity index (χ2v) is 8.69. The monoisotopic (exact) mass is 452 g/mol. The summed E-state index contributed by atoms with van der Waals surface area (Å²) in [6.07, 6.45) is 0. The van der Waals surface area contributed by atoms with Gasteiger partial charge in [-0.05, 0) is 29.8 Å². The van der Waals surface area contributed by atoms with Gasteiger partial charge in [0, 0.05) is 42.1 Å². The smallest absolute Gasteiger partial charge is 0.270 e. The van der Waals surface area contributed by atoms with Crippen LogP contribution in [0.2, 0.25) is 5.02 Å². The number of aromatic nitrogens is 2. The summed E-state index contributed by atoms with van der Waals surface area (Å²) < 4.78 is 6.14. The van der Waals surface area contributed by atoms with E-state index in [1.54, 1.807) is 7.11 Å². The molecule has 8 heteroatoms. The van der Waals surface area contributed by atoms with E-state index in [1.807, 2.05) is 47.8 Å². The zero-order valence-corrected chi connectivity index (χ0v) is 18.5. The van der Waals surface area contributed by atoms with Crippen LogP contribution < -0.4 is 20.1 Å². The van der Waals surface area contributed by atoms with E-state index >= 15 is 0 Å². The molecule has 31 heavy (non-hydrogen) atoms. The van der Waals surface area contributed by atoms with Gasteiger partial charge < -0.3 is 14.5 Å². The highest BCUT2D eigenvalue weighted by Gasteiger charge is 2.22.